The van der Waals surface area contributed by atoms with Crippen LogP contribution in [0.2, 0.25) is 5.02 Å². The van der Waals surface area contributed by atoms with Gasteiger partial charge in [-0.2, -0.15) is 5.10 Å². The molecule has 0 spiro atoms. The van der Waals surface area contributed by atoms with Gasteiger partial charge in [0, 0.05) is 19.0 Å². The summed E-state index contributed by atoms with van der Waals surface area (Å²) in [5.41, 5.74) is 5.00. The van der Waals surface area contributed by atoms with Gasteiger partial charge in [-0.1, -0.05) is 32.4 Å². The Bertz CT molecular complexity index is 387. The van der Waals surface area contributed by atoms with E-state index < -0.39 is 0 Å². The zero-order valence-corrected chi connectivity index (χ0v) is 13.3. The van der Waals surface area contributed by atoms with Crippen molar-refractivity contribution in [3.8, 4) is 0 Å². The number of nitrogens with two attached hydrogens (primary N) is 1. The molecule has 0 aliphatic heterocycles. The topological polar surface area (TPSA) is 55.9 Å². The Hall–Kier alpha value is -0.580. The van der Waals surface area contributed by atoms with E-state index in [1.807, 2.05) is 4.68 Å². The first-order valence-electron chi connectivity index (χ1n) is 7.23. The number of hydrogen-bond acceptors (Lipinski definition) is 3. The molecule has 0 aromatic carbocycles. The number of halogens is 1. The van der Waals surface area contributed by atoms with Gasteiger partial charge >= 0.3 is 0 Å². The highest BCUT2D eigenvalue weighted by molar-refractivity contribution is 6.31. The molecule has 5 heteroatoms. The van der Waals surface area contributed by atoms with Crippen LogP contribution in [0.15, 0.2) is 0 Å². The molecule has 0 fully saturated rings. The predicted molar refractivity (Wildman–Crippen MR) is 81.2 cm³/mol. The highest BCUT2D eigenvalue weighted by Gasteiger charge is 2.18. The maximum atomic E-state index is 6.42. The second kappa shape index (κ2) is 7.88. The van der Waals surface area contributed by atoms with E-state index in [9.17, 15) is 0 Å². The van der Waals surface area contributed by atoms with E-state index in [0.29, 0.717) is 5.92 Å². The average molecular weight is 287 g/mol. The lowest BCUT2D eigenvalue weighted by molar-refractivity contribution is 0.424. The smallest absolute Gasteiger partial charge is 0.0850 e. The number of hydrazine groups is 1. The lowest BCUT2D eigenvalue weighted by Crippen LogP contribution is -2.37. The molecule has 19 heavy (non-hydrogen) atoms. The van der Waals surface area contributed by atoms with Crippen molar-refractivity contribution in [2.45, 2.75) is 66.0 Å². The standard InChI is InChI=1S/C14H27ClN4/c1-5-12-14(15)13(19(6-2)18-12)9-11(17-16)8-7-10(3)4/h10-11,17H,5-9,16H2,1-4H3. The molecule has 0 bridgehead atoms. The molecule has 1 aromatic heterocycles. The molecular formula is C14H27ClN4. The SMILES string of the molecule is CCc1nn(CC)c(CC(CCC(C)C)NN)c1Cl. The van der Waals surface area contributed by atoms with E-state index in [1.54, 1.807) is 0 Å². The van der Waals surface area contributed by atoms with Crippen LogP contribution >= 0.6 is 11.6 Å². The molecule has 0 aliphatic rings. The fraction of sp³-hybridized carbons (Fsp3) is 0.786. The number of rotatable bonds is 8. The van der Waals surface area contributed by atoms with Crippen molar-refractivity contribution in [2.24, 2.45) is 11.8 Å². The first-order valence-corrected chi connectivity index (χ1v) is 7.61. The molecule has 110 valence electrons. The van der Waals surface area contributed by atoms with Gasteiger partial charge in [-0.05, 0) is 32.1 Å². The summed E-state index contributed by atoms with van der Waals surface area (Å²) in [5, 5.41) is 5.36. The number of nitrogens with zero attached hydrogens (tertiary/aromatic N) is 2. The van der Waals surface area contributed by atoms with Crippen LogP contribution in [0.25, 0.3) is 0 Å². The van der Waals surface area contributed by atoms with Gasteiger partial charge in [0.1, 0.15) is 0 Å². The number of hydrogen-bond donors (Lipinski definition) is 2. The van der Waals surface area contributed by atoms with Gasteiger partial charge in [0.2, 0.25) is 0 Å². The second-order valence-corrected chi connectivity index (χ2v) is 5.79. The number of aromatic nitrogens is 2. The summed E-state index contributed by atoms with van der Waals surface area (Å²) in [5.74, 6) is 6.35. The Labute approximate surface area is 121 Å². The third-order valence-corrected chi connectivity index (χ3v) is 3.90. The number of aryl methyl sites for hydroxylation is 2. The molecule has 0 saturated carbocycles. The summed E-state index contributed by atoms with van der Waals surface area (Å²) in [6, 6.07) is 0.256. The lowest BCUT2D eigenvalue weighted by atomic mass is 10.0. The molecule has 0 aliphatic carbocycles. The Morgan fingerprint density at radius 3 is 2.47 bits per heavy atom. The Kier molecular flexibility index (Phi) is 6.83. The summed E-state index contributed by atoms with van der Waals surface area (Å²) in [6.45, 7) is 9.47. The maximum Gasteiger partial charge on any atom is 0.0850 e. The molecule has 4 nitrogen and oxygen atoms in total. The van der Waals surface area contributed by atoms with Gasteiger partial charge in [-0.15, -0.1) is 0 Å². The van der Waals surface area contributed by atoms with E-state index >= 15 is 0 Å². The molecule has 0 saturated heterocycles. The third-order valence-electron chi connectivity index (χ3n) is 3.46. The van der Waals surface area contributed by atoms with Gasteiger partial charge in [-0.3, -0.25) is 16.0 Å². The summed E-state index contributed by atoms with van der Waals surface area (Å²) in [7, 11) is 0. The van der Waals surface area contributed by atoms with Crippen molar-refractivity contribution in [2.75, 3.05) is 0 Å². The largest absolute Gasteiger partial charge is 0.271 e. The van der Waals surface area contributed by atoms with Crippen molar-refractivity contribution in [3.63, 3.8) is 0 Å². The van der Waals surface area contributed by atoms with Crippen LogP contribution in [0.1, 0.15) is 51.9 Å². The summed E-state index contributed by atoms with van der Waals surface area (Å²) in [4.78, 5) is 0. The molecule has 0 radical (unpaired) electrons. The molecule has 1 unspecified atom stereocenters. The van der Waals surface area contributed by atoms with E-state index in [2.05, 4.69) is 38.2 Å². The summed E-state index contributed by atoms with van der Waals surface area (Å²) in [6.07, 6.45) is 3.92. The van der Waals surface area contributed by atoms with E-state index in [0.717, 1.165) is 48.6 Å². The number of nitrogens with one attached hydrogen (secondary N) is 1. The molecule has 1 aromatic rings. The van der Waals surface area contributed by atoms with E-state index in [1.165, 1.54) is 0 Å². The van der Waals surface area contributed by atoms with Crippen LogP contribution in [-0.4, -0.2) is 15.8 Å². The predicted octanol–water partition coefficient (Wildman–Crippen LogP) is 2.93. The Balaban J connectivity index is 2.80. The average Bonchev–Trinajstić information content (AvgIpc) is 2.70. The van der Waals surface area contributed by atoms with Crippen molar-refractivity contribution in [1.82, 2.24) is 15.2 Å². The monoisotopic (exact) mass is 286 g/mol. The minimum Gasteiger partial charge on any atom is -0.271 e. The van der Waals surface area contributed by atoms with Crippen LogP contribution in [0, 0.1) is 5.92 Å². The summed E-state index contributed by atoms with van der Waals surface area (Å²) < 4.78 is 2.00. The molecule has 1 rings (SSSR count). The maximum absolute atomic E-state index is 6.42. The van der Waals surface area contributed by atoms with Gasteiger partial charge in [0.15, 0.2) is 0 Å². The van der Waals surface area contributed by atoms with Crippen molar-refractivity contribution >= 4 is 11.6 Å². The van der Waals surface area contributed by atoms with Gasteiger partial charge < -0.3 is 0 Å². The van der Waals surface area contributed by atoms with Gasteiger partial charge in [0.05, 0.1) is 16.4 Å². The Morgan fingerprint density at radius 2 is 2.00 bits per heavy atom. The van der Waals surface area contributed by atoms with Gasteiger partial charge in [-0.25, -0.2) is 0 Å². The Morgan fingerprint density at radius 1 is 1.32 bits per heavy atom. The molecular weight excluding hydrogens is 260 g/mol. The van der Waals surface area contributed by atoms with Crippen LogP contribution < -0.4 is 11.3 Å². The van der Waals surface area contributed by atoms with Crippen LogP contribution in [-0.2, 0) is 19.4 Å². The zero-order chi connectivity index (χ0) is 14.4. The van der Waals surface area contributed by atoms with Crippen LogP contribution in [0.5, 0.6) is 0 Å². The minimum atomic E-state index is 0.256. The summed E-state index contributed by atoms with van der Waals surface area (Å²) >= 11 is 6.42. The molecule has 1 atom stereocenters. The molecule has 3 N–H and O–H groups in total. The van der Waals surface area contributed by atoms with E-state index in [-0.39, 0.29) is 6.04 Å². The van der Waals surface area contributed by atoms with Crippen LogP contribution in [0.4, 0.5) is 0 Å². The first-order chi connectivity index (χ1) is 9.03. The van der Waals surface area contributed by atoms with Crippen LogP contribution in [0.3, 0.4) is 0 Å². The van der Waals surface area contributed by atoms with Crippen molar-refractivity contribution in [1.29, 1.82) is 0 Å². The second-order valence-electron chi connectivity index (χ2n) is 5.42. The highest BCUT2D eigenvalue weighted by atomic mass is 35.5. The fourth-order valence-electron chi connectivity index (χ4n) is 2.22. The lowest BCUT2D eigenvalue weighted by Gasteiger charge is -2.17. The van der Waals surface area contributed by atoms with E-state index in [4.69, 9.17) is 17.4 Å². The molecule has 1 heterocycles. The highest BCUT2D eigenvalue weighted by Crippen LogP contribution is 2.24. The van der Waals surface area contributed by atoms with Crippen molar-refractivity contribution < 1.29 is 0 Å². The molecule has 0 amide bonds. The zero-order valence-electron chi connectivity index (χ0n) is 12.5. The fourth-order valence-corrected chi connectivity index (χ4v) is 2.57. The van der Waals surface area contributed by atoms with Gasteiger partial charge in [0.25, 0.3) is 0 Å². The first kappa shape index (κ1) is 16.5. The van der Waals surface area contributed by atoms with Crippen molar-refractivity contribution in [3.05, 3.63) is 16.4 Å². The minimum absolute atomic E-state index is 0.256. The third kappa shape index (κ3) is 4.48. The quantitative estimate of drug-likeness (QED) is 0.571. The normalized spacial score (nSPS) is 13.2.